The number of benzene rings is 2. The van der Waals surface area contributed by atoms with E-state index in [1.807, 2.05) is 55.2 Å². The summed E-state index contributed by atoms with van der Waals surface area (Å²) in [5.41, 5.74) is 4.52. The fourth-order valence-corrected chi connectivity index (χ4v) is 3.80. The number of rotatable bonds is 6. The second-order valence-corrected chi connectivity index (χ2v) is 7.04. The molecule has 0 saturated heterocycles. The lowest BCUT2D eigenvalue weighted by molar-refractivity contribution is -0.126. The van der Waals surface area contributed by atoms with Gasteiger partial charge in [0.15, 0.2) is 11.5 Å². The number of amides is 1. The van der Waals surface area contributed by atoms with E-state index in [-0.39, 0.29) is 5.91 Å². The normalized spacial score (nSPS) is 13.7. The van der Waals surface area contributed by atoms with Gasteiger partial charge in [-0.15, -0.1) is 0 Å². The molecule has 3 aromatic rings. The number of aromatic nitrogens is 1. The lowest BCUT2D eigenvalue weighted by Crippen LogP contribution is -2.34. The number of hydrogen-bond donors (Lipinski definition) is 1. The van der Waals surface area contributed by atoms with E-state index in [4.69, 9.17) is 9.47 Å². The quantitative estimate of drug-likeness (QED) is 0.628. The Kier molecular flexibility index (Phi) is 5.56. The molecule has 1 amide bonds. The van der Waals surface area contributed by atoms with Crippen molar-refractivity contribution >= 4 is 22.9 Å². The summed E-state index contributed by atoms with van der Waals surface area (Å²) in [5, 5.41) is 1.21. The van der Waals surface area contributed by atoms with E-state index in [1.54, 1.807) is 6.08 Å². The Morgan fingerprint density at radius 1 is 1.10 bits per heavy atom. The third kappa shape index (κ3) is 3.99. The summed E-state index contributed by atoms with van der Waals surface area (Å²) >= 11 is 0. The molecule has 0 unspecified atom stereocenters. The Bertz CT molecular complexity index is 1050. The molecule has 5 nitrogen and oxygen atoms in total. The van der Waals surface area contributed by atoms with Gasteiger partial charge in [0.25, 0.3) is 0 Å². The van der Waals surface area contributed by atoms with Crippen LogP contribution in [0.3, 0.4) is 0 Å². The molecular weight excluding hydrogens is 364 g/mol. The molecule has 1 N–H and O–H groups in total. The van der Waals surface area contributed by atoms with Gasteiger partial charge in [0, 0.05) is 47.7 Å². The van der Waals surface area contributed by atoms with Crippen molar-refractivity contribution in [1.82, 2.24) is 9.88 Å². The molecule has 150 valence electrons. The Balaban J connectivity index is 1.49. The smallest absolute Gasteiger partial charge is 0.246 e. The molecule has 0 bridgehead atoms. The Morgan fingerprint density at radius 2 is 1.90 bits per heavy atom. The van der Waals surface area contributed by atoms with Crippen molar-refractivity contribution in [3.8, 4) is 11.5 Å². The first-order chi connectivity index (χ1) is 14.2. The van der Waals surface area contributed by atoms with E-state index in [2.05, 4.69) is 17.1 Å². The molecule has 1 aliphatic rings. The molecule has 2 heterocycles. The minimum atomic E-state index is 0.0211. The summed E-state index contributed by atoms with van der Waals surface area (Å²) in [6.45, 7) is 6.38. The molecule has 2 aromatic carbocycles. The predicted octanol–water partition coefficient (Wildman–Crippen LogP) is 4.56. The van der Waals surface area contributed by atoms with Gasteiger partial charge in [0.1, 0.15) is 0 Å². The minimum Gasteiger partial charge on any atom is -0.490 e. The summed E-state index contributed by atoms with van der Waals surface area (Å²) in [4.78, 5) is 18.2. The summed E-state index contributed by atoms with van der Waals surface area (Å²) in [7, 11) is 0. The van der Waals surface area contributed by atoms with E-state index in [0.29, 0.717) is 25.5 Å². The number of ether oxygens (including phenoxy) is 2. The Hall–Kier alpha value is -3.21. The topological polar surface area (TPSA) is 54.6 Å². The number of fused-ring (bicyclic) bond motifs is 3. The standard InChI is InChI=1S/C24H26N2O3/c1-3-28-22-11-9-17(15-23(22)29-4-2)10-12-24(27)26-14-13-21-19(16-26)18-7-5-6-8-20(18)25-21/h5-12,15,25H,3-4,13-14,16H2,1-2H3/b12-10+. The van der Waals surface area contributed by atoms with E-state index < -0.39 is 0 Å². The highest BCUT2D eigenvalue weighted by atomic mass is 16.5. The maximum absolute atomic E-state index is 12.8. The van der Waals surface area contributed by atoms with Crippen molar-refractivity contribution in [1.29, 1.82) is 0 Å². The van der Waals surface area contributed by atoms with Crippen molar-refractivity contribution in [3.05, 3.63) is 65.4 Å². The van der Waals surface area contributed by atoms with Gasteiger partial charge in [-0.2, -0.15) is 0 Å². The highest BCUT2D eigenvalue weighted by Gasteiger charge is 2.22. The van der Waals surface area contributed by atoms with Gasteiger partial charge in [-0.25, -0.2) is 0 Å². The van der Waals surface area contributed by atoms with Crippen LogP contribution in [0.4, 0.5) is 0 Å². The summed E-state index contributed by atoms with van der Waals surface area (Å²) in [5.74, 6) is 1.44. The van der Waals surface area contributed by atoms with Crippen LogP contribution in [0.5, 0.6) is 11.5 Å². The molecule has 0 fully saturated rings. The van der Waals surface area contributed by atoms with Gasteiger partial charge in [-0.1, -0.05) is 24.3 Å². The largest absolute Gasteiger partial charge is 0.490 e. The summed E-state index contributed by atoms with van der Waals surface area (Å²) in [6.07, 6.45) is 4.33. The first kappa shape index (κ1) is 19.1. The van der Waals surface area contributed by atoms with E-state index in [1.165, 1.54) is 16.6 Å². The SMILES string of the molecule is CCOc1ccc(/C=C/C(=O)N2CCc3[nH]c4ccccc4c3C2)cc1OCC. The molecule has 0 radical (unpaired) electrons. The van der Waals surface area contributed by atoms with Gasteiger partial charge < -0.3 is 19.4 Å². The average molecular weight is 390 g/mol. The van der Waals surface area contributed by atoms with Crippen molar-refractivity contribution in [3.63, 3.8) is 0 Å². The first-order valence-corrected chi connectivity index (χ1v) is 10.1. The molecule has 0 atom stereocenters. The number of H-pyrrole nitrogens is 1. The van der Waals surface area contributed by atoms with Crippen LogP contribution in [0.1, 0.15) is 30.7 Å². The van der Waals surface area contributed by atoms with Crippen molar-refractivity contribution in [2.45, 2.75) is 26.8 Å². The van der Waals surface area contributed by atoms with Crippen LogP contribution in [0.2, 0.25) is 0 Å². The van der Waals surface area contributed by atoms with Crippen LogP contribution in [-0.4, -0.2) is 35.5 Å². The third-order valence-electron chi connectivity index (χ3n) is 5.18. The lowest BCUT2D eigenvalue weighted by Gasteiger charge is -2.26. The van der Waals surface area contributed by atoms with Crippen LogP contribution in [0.15, 0.2) is 48.5 Å². The number of carbonyl (C=O) groups excluding carboxylic acids is 1. The first-order valence-electron chi connectivity index (χ1n) is 10.1. The second kappa shape index (κ2) is 8.43. The number of hydrogen-bond acceptors (Lipinski definition) is 3. The highest BCUT2D eigenvalue weighted by Crippen LogP contribution is 2.30. The van der Waals surface area contributed by atoms with E-state index in [0.717, 1.165) is 29.8 Å². The number of nitrogens with zero attached hydrogens (tertiary/aromatic N) is 1. The van der Waals surface area contributed by atoms with Crippen LogP contribution < -0.4 is 9.47 Å². The molecular formula is C24H26N2O3. The number of nitrogens with one attached hydrogen (secondary N) is 1. The average Bonchev–Trinajstić information content (AvgIpc) is 3.12. The van der Waals surface area contributed by atoms with Gasteiger partial charge in [0.2, 0.25) is 5.91 Å². The van der Waals surface area contributed by atoms with Crippen LogP contribution in [0, 0.1) is 0 Å². The molecule has 0 saturated carbocycles. The van der Waals surface area contributed by atoms with Crippen molar-refractivity contribution in [2.24, 2.45) is 0 Å². The van der Waals surface area contributed by atoms with Gasteiger partial charge >= 0.3 is 0 Å². The molecule has 0 aliphatic carbocycles. The summed E-state index contributed by atoms with van der Waals surface area (Å²) in [6, 6.07) is 14.0. The third-order valence-corrected chi connectivity index (χ3v) is 5.18. The number of carbonyl (C=O) groups is 1. The van der Waals surface area contributed by atoms with Crippen molar-refractivity contribution in [2.75, 3.05) is 19.8 Å². The van der Waals surface area contributed by atoms with Crippen LogP contribution >= 0.6 is 0 Å². The van der Waals surface area contributed by atoms with Crippen LogP contribution in [0.25, 0.3) is 17.0 Å². The van der Waals surface area contributed by atoms with Gasteiger partial charge in [-0.3, -0.25) is 4.79 Å². The molecule has 1 aromatic heterocycles. The van der Waals surface area contributed by atoms with Crippen molar-refractivity contribution < 1.29 is 14.3 Å². The molecule has 5 heteroatoms. The monoisotopic (exact) mass is 390 g/mol. The second-order valence-electron chi connectivity index (χ2n) is 7.04. The molecule has 4 rings (SSSR count). The predicted molar refractivity (Wildman–Crippen MR) is 115 cm³/mol. The van der Waals surface area contributed by atoms with Gasteiger partial charge in [0.05, 0.1) is 13.2 Å². The Labute approximate surface area is 170 Å². The van der Waals surface area contributed by atoms with E-state index >= 15 is 0 Å². The summed E-state index contributed by atoms with van der Waals surface area (Å²) < 4.78 is 11.3. The van der Waals surface area contributed by atoms with Crippen LogP contribution in [-0.2, 0) is 17.8 Å². The van der Waals surface area contributed by atoms with E-state index in [9.17, 15) is 4.79 Å². The zero-order valence-electron chi connectivity index (χ0n) is 16.9. The fourth-order valence-electron chi connectivity index (χ4n) is 3.80. The fraction of sp³-hybridized carbons (Fsp3) is 0.292. The zero-order valence-corrected chi connectivity index (χ0v) is 16.9. The maximum Gasteiger partial charge on any atom is 0.246 e. The Morgan fingerprint density at radius 3 is 2.72 bits per heavy atom. The minimum absolute atomic E-state index is 0.0211. The van der Waals surface area contributed by atoms with Gasteiger partial charge in [-0.05, 0) is 43.7 Å². The highest BCUT2D eigenvalue weighted by molar-refractivity contribution is 5.93. The number of para-hydroxylation sites is 1. The zero-order chi connectivity index (χ0) is 20.2. The molecule has 29 heavy (non-hydrogen) atoms. The molecule has 1 aliphatic heterocycles. The lowest BCUT2D eigenvalue weighted by atomic mass is 10.0. The maximum atomic E-state index is 12.8. The number of aromatic amines is 1. The molecule has 0 spiro atoms.